The Kier molecular flexibility index (Phi) is 5.41. The molecule has 0 aromatic heterocycles. The largest absolute Gasteiger partial charge is 0.480 e. The van der Waals surface area contributed by atoms with Crippen molar-refractivity contribution >= 4 is 16.0 Å². The monoisotopic (exact) mass is 314 g/mol. The lowest BCUT2D eigenvalue weighted by atomic mass is 10.1. The van der Waals surface area contributed by atoms with Gasteiger partial charge >= 0.3 is 5.97 Å². The number of sulfonamides is 1. The van der Waals surface area contributed by atoms with Crippen LogP contribution in [0.3, 0.4) is 0 Å². The van der Waals surface area contributed by atoms with Gasteiger partial charge in [-0.3, -0.25) is 4.79 Å². The Morgan fingerprint density at radius 2 is 2.10 bits per heavy atom. The number of nitrogens with zero attached hydrogens (tertiary/aromatic N) is 1. The van der Waals surface area contributed by atoms with Crippen molar-refractivity contribution < 1.29 is 22.7 Å². The van der Waals surface area contributed by atoms with Crippen molar-refractivity contribution in [2.24, 2.45) is 5.92 Å². The van der Waals surface area contributed by atoms with Crippen LogP contribution in [0.15, 0.2) is 23.1 Å². The lowest BCUT2D eigenvalue weighted by molar-refractivity contribution is -0.139. The smallest absolute Gasteiger partial charge is 0.321 e. The summed E-state index contributed by atoms with van der Waals surface area (Å²) in [6.45, 7) is 3.51. The second-order valence-corrected chi connectivity index (χ2v) is 6.58. The van der Waals surface area contributed by atoms with Gasteiger partial charge in [-0.15, -0.1) is 0 Å². The molecule has 1 atom stereocenters. The summed E-state index contributed by atoms with van der Waals surface area (Å²) in [5.41, 5.74) is -0.379. The minimum atomic E-state index is -4.23. The van der Waals surface area contributed by atoms with Crippen LogP contribution >= 0.6 is 0 Å². The molecular formula is C13H15FN2O4S. The number of carbonyl (C=O) groups is 1. The van der Waals surface area contributed by atoms with Gasteiger partial charge in [-0.1, -0.05) is 13.8 Å². The highest BCUT2D eigenvalue weighted by Crippen LogP contribution is 2.18. The molecule has 114 valence electrons. The number of aliphatic carboxylic acids is 1. The second kappa shape index (κ2) is 6.65. The molecule has 0 bridgehead atoms. The first-order chi connectivity index (χ1) is 9.67. The Morgan fingerprint density at radius 3 is 2.57 bits per heavy atom. The summed E-state index contributed by atoms with van der Waals surface area (Å²) in [4.78, 5) is 10.7. The number of benzene rings is 1. The first-order valence-corrected chi connectivity index (χ1v) is 7.60. The van der Waals surface area contributed by atoms with Gasteiger partial charge in [0, 0.05) is 0 Å². The van der Waals surface area contributed by atoms with Crippen molar-refractivity contribution in [2.75, 3.05) is 0 Å². The average Bonchev–Trinajstić information content (AvgIpc) is 2.36. The van der Waals surface area contributed by atoms with E-state index >= 15 is 0 Å². The maximum absolute atomic E-state index is 13.0. The number of hydrogen-bond donors (Lipinski definition) is 2. The molecule has 0 unspecified atom stereocenters. The van der Waals surface area contributed by atoms with Crippen LogP contribution < -0.4 is 4.72 Å². The minimum absolute atomic E-state index is 0.0440. The predicted molar refractivity (Wildman–Crippen MR) is 72.3 cm³/mol. The van der Waals surface area contributed by atoms with E-state index in [1.54, 1.807) is 19.9 Å². The average molecular weight is 314 g/mol. The zero-order chi connectivity index (χ0) is 16.2. The third kappa shape index (κ3) is 4.51. The molecule has 1 aromatic rings. The van der Waals surface area contributed by atoms with E-state index in [2.05, 4.69) is 0 Å². The SMILES string of the molecule is CC(C)C[C@H](NS(=O)(=O)c1ccc(F)cc1C#N)C(=O)O. The van der Waals surface area contributed by atoms with Crippen molar-refractivity contribution in [3.05, 3.63) is 29.6 Å². The van der Waals surface area contributed by atoms with E-state index in [9.17, 15) is 17.6 Å². The van der Waals surface area contributed by atoms with Gasteiger partial charge in [0.15, 0.2) is 0 Å². The van der Waals surface area contributed by atoms with Crippen molar-refractivity contribution in [2.45, 2.75) is 31.2 Å². The Labute approximate surface area is 122 Å². The zero-order valence-corrected chi connectivity index (χ0v) is 12.3. The third-order valence-electron chi connectivity index (χ3n) is 2.65. The molecule has 2 N–H and O–H groups in total. The van der Waals surface area contributed by atoms with Crippen LogP contribution in [0, 0.1) is 23.1 Å². The van der Waals surface area contributed by atoms with Gasteiger partial charge in [0.2, 0.25) is 10.0 Å². The van der Waals surface area contributed by atoms with Crippen LogP contribution in [0.25, 0.3) is 0 Å². The molecule has 0 saturated carbocycles. The number of hydrogen-bond acceptors (Lipinski definition) is 4. The van der Waals surface area contributed by atoms with Crippen molar-refractivity contribution in [3.63, 3.8) is 0 Å². The van der Waals surface area contributed by atoms with E-state index in [1.165, 1.54) is 0 Å². The summed E-state index contributed by atoms with van der Waals surface area (Å²) in [6.07, 6.45) is 0.0949. The van der Waals surface area contributed by atoms with Gasteiger partial charge in [0.1, 0.15) is 17.9 Å². The molecule has 1 rings (SSSR count). The lowest BCUT2D eigenvalue weighted by Gasteiger charge is -2.17. The fraction of sp³-hybridized carbons (Fsp3) is 0.385. The Bertz CT molecular complexity index is 680. The first-order valence-electron chi connectivity index (χ1n) is 6.12. The third-order valence-corrected chi connectivity index (χ3v) is 4.18. The molecule has 0 fully saturated rings. The Hall–Kier alpha value is -1.98. The highest BCUT2D eigenvalue weighted by molar-refractivity contribution is 7.89. The lowest BCUT2D eigenvalue weighted by Crippen LogP contribution is -2.41. The van der Waals surface area contributed by atoms with Crippen LogP contribution in [-0.4, -0.2) is 25.5 Å². The second-order valence-electron chi connectivity index (χ2n) is 4.89. The van der Waals surface area contributed by atoms with Crippen LogP contribution in [0.5, 0.6) is 0 Å². The van der Waals surface area contributed by atoms with Crippen molar-refractivity contribution in [1.29, 1.82) is 5.26 Å². The topological polar surface area (TPSA) is 107 Å². The van der Waals surface area contributed by atoms with Crippen molar-refractivity contribution in [1.82, 2.24) is 4.72 Å². The van der Waals surface area contributed by atoms with E-state index in [0.29, 0.717) is 0 Å². The van der Waals surface area contributed by atoms with Crippen LogP contribution in [-0.2, 0) is 14.8 Å². The Balaban J connectivity index is 3.17. The van der Waals surface area contributed by atoms with Gasteiger partial charge in [0.05, 0.1) is 10.5 Å². The number of carboxylic acids is 1. The molecule has 8 heteroatoms. The fourth-order valence-corrected chi connectivity index (χ4v) is 3.09. The molecule has 1 aromatic carbocycles. The number of nitriles is 1. The van der Waals surface area contributed by atoms with Gasteiger partial charge in [0.25, 0.3) is 0 Å². The normalized spacial score (nSPS) is 12.9. The van der Waals surface area contributed by atoms with E-state index in [0.717, 1.165) is 18.2 Å². The zero-order valence-electron chi connectivity index (χ0n) is 11.5. The van der Waals surface area contributed by atoms with Crippen LogP contribution in [0.2, 0.25) is 0 Å². The first kappa shape index (κ1) is 17.1. The number of halogens is 1. The predicted octanol–water partition coefficient (Wildman–Crippen LogP) is 1.47. The fourth-order valence-electron chi connectivity index (χ4n) is 1.75. The van der Waals surface area contributed by atoms with Crippen molar-refractivity contribution in [3.8, 4) is 6.07 Å². The highest BCUT2D eigenvalue weighted by atomic mass is 32.2. The van der Waals surface area contributed by atoms with Gasteiger partial charge < -0.3 is 5.11 Å². The molecule has 0 saturated heterocycles. The molecule has 0 aliphatic heterocycles. The van der Waals surface area contributed by atoms with E-state index in [-0.39, 0.29) is 17.9 Å². The summed E-state index contributed by atoms with van der Waals surface area (Å²) in [6, 6.07) is 2.88. The van der Waals surface area contributed by atoms with Gasteiger partial charge in [-0.05, 0) is 30.5 Å². The van der Waals surface area contributed by atoms with E-state index in [1.807, 2.05) is 4.72 Å². The summed E-state index contributed by atoms with van der Waals surface area (Å²) in [5, 5.41) is 17.9. The highest BCUT2D eigenvalue weighted by Gasteiger charge is 2.27. The molecule has 0 amide bonds. The van der Waals surface area contributed by atoms with E-state index < -0.39 is 32.7 Å². The number of carboxylic acid groups (broad SMARTS) is 1. The molecule has 0 heterocycles. The van der Waals surface area contributed by atoms with Crippen LogP contribution in [0.1, 0.15) is 25.8 Å². The molecule has 0 spiro atoms. The van der Waals surface area contributed by atoms with Gasteiger partial charge in [-0.2, -0.15) is 9.98 Å². The minimum Gasteiger partial charge on any atom is -0.480 e. The molecule has 6 nitrogen and oxygen atoms in total. The number of rotatable bonds is 6. The van der Waals surface area contributed by atoms with E-state index in [4.69, 9.17) is 10.4 Å². The molecule has 21 heavy (non-hydrogen) atoms. The van der Waals surface area contributed by atoms with Gasteiger partial charge in [-0.25, -0.2) is 12.8 Å². The number of nitrogens with one attached hydrogen (secondary N) is 1. The molecule has 0 aliphatic rings. The summed E-state index contributed by atoms with van der Waals surface area (Å²) in [5.74, 6) is -2.10. The summed E-state index contributed by atoms with van der Waals surface area (Å²) < 4.78 is 39.4. The molecule has 0 radical (unpaired) electrons. The molecule has 0 aliphatic carbocycles. The maximum Gasteiger partial charge on any atom is 0.321 e. The van der Waals surface area contributed by atoms with Crippen LogP contribution in [0.4, 0.5) is 4.39 Å². The quantitative estimate of drug-likeness (QED) is 0.827. The summed E-state index contributed by atoms with van der Waals surface area (Å²) >= 11 is 0. The standard InChI is InChI=1S/C13H15FN2O4S/c1-8(2)5-11(13(17)18)16-21(19,20)12-4-3-10(14)6-9(12)7-15/h3-4,6,8,11,16H,5H2,1-2H3,(H,17,18)/t11-/m0/s1. The Morgan fingerprint density at radius 1 is 1.48 bits per heavy atom. The molecular weight excluding hydrogens is 299 g/mol. The maximum atomic E-state index is 13.0. The summed E-state index contributed by atoms with van der Waals surface area (Å²) in [7, 11) is -4.23.